The number of hydrogen-bond donors (Lipinski definition) is 0. The van der Waals surface area contributed by atoms with Crippen molar-refractivity contribution in [1.29, 1.82) is 0 Å². The van der Waals surface area contributed by atoms with Crippen LogP contribution in [-0.4, -0.2) is 57.9 Å². The normalized spacial score (nSPS) is 16.3. The molecule has 2 aromatic rings. The highest BCUT2D eigenvalue weighted by molar-refractivity contribution is 5.89. The molecule has 0 unspecified atom stereocenters. The van der Waals surface area contributed by atoms with Gasteiger partial charge in [0, 0.05) is 20.6 Å². The van der Waals surface area contributed by atoms with E-state index < -0.39 is 0 Å². The molecule has 0 N–H and O–H groups in total. The second kappa shape index (κ2) is 6.60. The van der Waals surface area contributed by atoms with E-state index in [1.54, 1.807) is 6.33 Å². The second-order valence-electron chi connectivity index (χ2n) is 6.28. The molecule has 22 heavy (non-hydrogen) atoms. The van der Waals surface area contributed by atoms with Crippen molar-refractivity contribution in [2.75, 3.05) is 38.1 Å². The first kappa shape index (κ1) is 15.2. The fourth-order valence-corrected chi connectivity index (χ4v) is 3.37. The fourth-order valence-electron chi connectivity index (χ4n) is 3.37. The van der Waals surface area contributed by atoms with Crippen LogP contribution in [0.25, 0.3) is 11.0 Å². The lowest BCUT2D eigenvalue weighted by atomic mass is 10.1. The highest BCUT2D eigenvalue weighted by Gasteiger charge is 2.15. The Balaban J connectivity index is 1.66. The van der Waals surface area contributed by atoms with E-state index in [0.29, 0.717) is 0 Å². The third kappa shape index (κ3) is 3.06. The Labute approximate surface area is 132 Å². The molecule has 3 rings (SSSR count). The molecule has 0 aromatic carbocycles. The van der Waals surface area contributed by atoms with E-state index >= 15 is 0 Å². The molecule has 3 heterocycles. The number of likely N-dealkylation sites (tertiary alicyclic amines) is 1. The number of aromatic nitrogens is 4. The Kier molecular flexibility index (Phi) is 4.57. The Hall–Kier alpha value is -1.69. The Morgan fingerprint density at radius 3 is 2.73 bits per heavy atom. The van der Waals surface area contributed by atoms with Crippen LogP contribution in [0.1, 0.15) is 31.4 Å². The van der Waals surface area contributed by atoms with Gasteiger partial charge in [0.25, 0.3) is 0 Å². The Bertz CT molecular complexity index is 629. The van der Waals surface area contributed by atoms with Gasteiger partial charge in [-0.3, -0.25) is 4.68 Å². The summed E-state index contributed by atoms with van der Waals surface area (Å²) in [6.07, 6.45) is 6.92. The molecule has 1 saturated heterocycles. The van der Waals surface area contributed by atoms with E-state index in [9.17, 15) is 0 Å². The van der Waals surface area contributed by atoms with Gasteiger partial charge in [-0.05, 0) is 45.8 Å². The Morgan fingerprint density at radius 2 is 1.95 bits per heavy atom. The van der Waals surface area contributed by atoms with Crippen LogP contribution in [0.3, 0.4) is 0 Å². The molecule has 0 aliphatic carbocycles. The molecule has 6 heteroatoms. The second-order valence-corrected chi connectivity index (χ2v) is 6.28. The third-order valence-electron chi connectivity index (χ3n) is 4.55. The number of piperidine rings is 1. The first-order valence-electron chi connectivity index (χ1n) is 8.24. The summed E-state index contributed by atoms with van der Waals surface area (Å²) in [5.74, 6) is 0.995. The molecule has 0 saturated carbocycles. The lowest BCUT2D eigenvalue weighted by Gasteiger charge is -2.27. The molecule has 0 spiro atoms. The number of hydrogen-bond acceptors (Lipinski definition) is 5. The topological polar surface area (TPSA) is 50.1 Å². The molecule has 0 atom stereocenters. The minimum Gasteiger partial charge on any atom is -0.359 e. The van der Waals surface area contributed by atoms with Crippen LogP contribution in [0.4, 0.5) is 5.82 Å². The summed E-state index contributed by atoms with van der Waals surface area (Å²) in [7, 11) is 4.05. The van der Waals surface area contributed by atoms with Crippen molar-refractivity contribution in [3.05, 3.63) is 12.0 Å². The van der Waals surface area contributed by atoms with E-state index in [1.807, 2.05) is 18.7 Å². The standard InChI is InChI=1S/C16H26N6/c1-13-14-15(17-12-18-16(14)21(3)19-13)20(2)8-7-11-22-9-5-4-6-10-22/h12H,4-11H2,1-3H3. The summed E-state index contributed by atoms with van der Waals surface area (Å²) >= 11 is 0. The lowest BCUT2D eigenvalue weighted by molar-refractivity contribution is 0.227. The predicted octanol–water partition coefficient (Wildman–Crippen LogP) is 1.98. The monoisotopic (exact) mass is 302 g/mol. The largest absolute Gasteiger partial charge is 0.359 e. The van der Waals surface area contributed by atoms with Gasteiger partial charge in [0.05, 0.1) is 11.1 Å². The molecule has 0 radical (unpaired) electrons. The fraction of sp³-hybridized carbons (Fsp3) is 0.688. The maximum atomic E-state index is 4.49. The first-order chi connectivity index (χ1) is 10.7. The highest BCUT2D eigenvalue weighted by atomic mass is 15.3. The van der Waals surface area contributed by atoms with Crippen molar-refractivity contribution in [3.8, 4) is 0 Å². The van der Waals surface area contributed by atoms with E-state index in [4.69, 9.17) is 0 Å². The molecule has 2 aromatic heterocycles. The molecule has 1 aliphatic rings. The number of anilines is 1. The van der Waals surface area contributed by atoms with Crippen LogP contribution in [0.15, 0.2) is 6.33 Å². The molecule has 0 bridgehead atoms. The first-order valence-corrected chi connectivity index (χ1v) is 8.24. The van der Waals surface area contributed by atoms with Gasteiger partial charge in [0.2, 0.25) is 0 Å². The number of nitrogens with zero attached hydrogens (tertiary/aromatic N) is 6. The quantitative estimate of drug-likeness (QED) is 0.845. The summed E-state index contributed by atoms with van der Waals surface area (Å²) in [4.78, 5) is 13.7. The van der Waals surface area contributed by atoms with Crippen LogP contribution < -0.4 is 4.90 Å². The van der Waals surface area contributed by atoms with Gasteiger partial charge < -0.3 is 9.80 Å². The van der Waals surface area contributed by atoms with E-state index in [-0.39, 0.29) is 0 Å². The van der Waals surface area contributed by atoms with Crippen molar-refractivity contribution in [1.82, 2.24) is 24.6 Å². The van der Waals surface area contributed by atoms with Crippen LogP contribution in [-0.2, 0) is 7.05 Å². The average Bonchev–Trinajstić information content (AvgIpc) is 2.83. The molecule has 6 nitrogen and oxygen atoms in total. The minimum atomic E-state index is 0.908. The molecular formula is C16H26N6. The SMILES string of the molecule is Cc1nn(C)c2ncnc(N(C)CCCN3CCCCC3)c12. The van der Waals surface area contributed by atoms with Gasteiger partial charge in [-0.2, -0.15) is 5.10 Å². The summed E-state index contributed by atoms with van der Waals surface area (Å²) in [6, 6.07) is 0. The summed E-state index contributed by atoms with van der Waals surface area (Å²) < 4.78 is 1.83. The van der Waals surface area contributed by atoms with Gasteiger partial charge in [0.1, 0.15) is 12.1 Å². The van der Waals surface area contributed by atoms with Gasteiger partial charge in [-0.1, -0.05) is 6.42 Å². The summed E-state index contributed by atoms with van der Waals surface area (Å²) in [5, 5.41) is 5.54. The van der Waals surface area contributed by atoms with Crippen molar-refractivity contribution < 1.29 is 0 Å². The summed E-state index contributed by atoms with van der Waals surface area (Å²) in [5.41, 5.74) is 1.90. The van der Waals surface area contributed by atoms with Gasteiger partial charge in [0.15, 0.2) is 5.65 Å². The maximum absolute atomic E-state index is 4.49. The van der Waals surface area contributed by atoms with Gasteiger partial charge in [-0.15, -0.1) is 0 Å². The smallest absolute Gasteiger partial charge is 0.163 e. The van der Waals surface area contributed by atoms with Crippen molar-refractivity contribution >= 4 is 16.9 Å². The minimum absolute atomic E-state index is 0.908. The van der Waals surface area contributed by atoms with Gasteiger partial charge in [-0.25, -0.2) is 9.97 Å². The van der Waals surface area contributed by atoms with Crippen LogP contribution >= 0.6 is 0 Å². The molecule has 1 aliphatic heterocycles. The highest BCUT2D eigenvalue weighted by Crippen LogP contribution is 2.24. The van der Waals surface area contributed by atoms with E-state index in [0.717, 1.165) is 29.1 Å². The van der Waals surface area contributed by atoms with E-state index in [1.165, 1.54) is 45.3 Å². The average molecular weight is 302 g/mol. The van der Waals surface area contributed by atoms with Crippen LogP contribution in [0.2, 0.25) is 0 Å². The van der Waals surface area contributed by atoms with Crippen LogP contribution in [0.5, 0.6) is 0 Å². The van der Waals surface area contributed by atoms with Crippen LogP contribution in [0, 0.1) is 6.92 Å². The zero-order chi connectivity index (χ0) is 15.5. The molecule has 120 valence electrons. The van der Waals surface area contributed by atoms with Crippen molar-refractivity contribution in [2.45, 2.75) is 32.6 Å². The number of rotatable bonds is 5. The van der Waals surface area contributed by atoms with E-state index in [2.05, 4.69) is 31.9 Å². The maximum Gasteiger partial charge on any atom is 0.163 e. The molecule has 0 amide bonds. The molecule has 1 fully saturated rings. The predicted molar refractivity (Wildman–Crippen MR) is 89.2 cm³/mol. The molecular weight excluding hydrogens is 276 g/mol. The summed E-state index contributed by atoms with van der Waals surface area (Å²) in [6.45, 7) is 6.75. The van der Waals surface area contributed by atoms with Crippen molar-refractivity contribution in [3.63, 3.8) is 0 Å². The third-order valence-corrected chi connectivity index (χ3v) is 4.55. The van der Waals surface area contributed by atoms with Gasteiger partial charge >= 0.3 is 0 Å². The number of fused-ring (bicyclic) bond motifs is 1. The zero-order valence-corrected chi connectivity index (χ0v) is 13.9. The zero-order valence-electron chi connectivity index (χ0n) is 13.9. The Morgan fingerprint density at radius 1 is 1.18 bits per heavy atom. The lowest BCUT2D eigenvalue weighted by Crippen LogP contribution is -2.32. The number of aryl methyl sites for hydroxylation is 2. The van der Waals surface area contributed by atoms with Crippen molar-refractivity contribution in [2.24, 2.45) is 7.05 Å².